The molecular formula is C28H35FN4O5S. The average Bonchev–Trinajstić information content (AvgIpc) is 3.43. The van der Waals surface area contributed by atoms with Crippen molar-refractivity contribution in [1.82, 2.24) is 4.57 Å². The molecule has 0 saturated heterocycles. The number of aromatic nitrogens is 1. The zero-order chi connectivity index (χ0) is 27.5. The quantitative estimate of drug-likeness (QED) is 0.462. The predicted octanol–water partition coefficient (Wildman–Crippen LogP) is 2.93. The summed E-state index contributed by atoms with van der Waals surface area (Å²) in [6, 6.07) is 2.97. The summed E-state index contributed by atoms with van der Waals surface area (Å²) in [5.74, 6) is -1.86. The zero-order valence-electron chi connectivity index (χ0n) is 21.9. The maximum absolute atomic E-state index is 15.6. The summed E-state index contributed by atoms with van der Waals surface area (Å²) in [5, 5.41) is 3.33. The summed E-state index contributed by atoms with van der Waals surface area (Å²) in [6.45, 7) is -0.165. The number of nitrogens with zero attached hydrogens (tertiary/aromatic N) is 1. The fraction of sp³-hybridized carbons (Fsp3) is 0.571. The van der Waals surface area contributed by atoms with Crippen molar-refractivity contribution < 1.29 is 27.1 Å². The molecule has 1 aliphatic heterocycles. The van der Waals surface area contributed by atoms with Gasteiger partial charge in [0.05, 0.1) is 34.1 Å². The molecular weight excluding hydrogens is 523 g/mol. The van der Waals surface area contributed by atoms with Crippen LogP contribution >= 0.6 is 0 Å². The number of primary amides is 1. The van der Waals surface area contributed by atoms with E-state index in [0.29, 0.717) is 54.8 Å². The summed E-state index contributed by atoms with van der Waals surface area (Å²) in [7, 11) is -3.45. The van der Waals surface area contributed by atoms with Crippen molar-refractivity contribution in [3.63, 3.8) is 0 Å². The van der Waals surface area contributed by atoms with Gasteiger partial charge < -0.3 is 26.1 Å². The first-order valence-electron chi connectivity index (χ1n) is 13.9. The molecule has 210 valence electrons. The third-order valence-corrected chi connectivity index (χ3v) is 11.2. The molecule has 0 radical (unpaired) electrons. The minimum atomic E-state index is -3.45. The monoisotopic (exact) mass is 558 g/mol. The molecule has 1 amide bonds. The van der Waals surface area contributed by atoms with Crippen LogP contribution < -0.4 is 16.8 Å². The van der Waals surface area contributed by atoms with Crippen LogP contribution in [0.1, 0.15) is 78.7 Å². The first-order chi connectivity index (χ1) is 18.6. The van der Waals surface area contributed by atoms with Crippen LogP contribution in [0.2, 0.25) is 0 Å². The van der Waals surface area contributed by atoms with Crippen molar-refractivity contribution in [1.29, 1.82) is 0 Å². The highest BCUT2D eigenvalue weighted by atomic mass is 32.2. The van der Waals surface area contributed by atoms with Crippen LogP contribution in [0.15, 0.2) is 17.0 Å². The van der Waals surface area contributed by atoms with Crippen LogP contribution in [0.5, 0.6) is 0 Å². The number of sulfone groups is 1. The molecule has 1 spiro atoms. The number of anilines is 1. The Morgan fingerprint density at radius 1 is 1.10 bits per heavy atom. The summed E-state index contributed by atoms with van der Waals surface area (Å²) in [6.07, 6.45) is 8.04. The minimum absolute atomic E-state index is 0.0755. The number of ether oxygens (including phenoxy) is 1. The second kappa shape index (κ2) is 9.62. The average molecular weight is 559 g/mol. The molecule has 0 bridgehead atoms. The van der Waals surface area contributed by atoms with Crippen LogP contribution in [-0.2, 0) is 38.6 Å². The van der Waals surface area contributed by atoms with E-state index in [0.717, 1.165) is 49.1 Å². The van der Waals surface area contributed by atoms with Gasteiger partial charge in [-0.05, 0) is 87.3 Å². The number of hydrogen-bond donors (Lipinski definition) is 3. The Hall–Kier alpha value is -2.92. The summed E-state index contributed by atoms with van der Waals surface area (Å²) >= 11 is 0. The molecule has 6 rings (SSSR count). The number of benzene rings is 1. The molecule has 3 aliphatic carbocycles. The van der Waals surface area contributed by atoms with Crippen LogP contribution in [0.25, 0.3) is 5.69 Å². The first-order valence-corrected chi connectivity index (χ1v) is 15.5. The zero-order valence-corrected chi connectivity index (χ0v) is 22.7. The molecule has 2 saturated carbocycles. The Morgan fingerprint density at radius 3 is 2.49 bits per heavy atom. The summed E-state index contributed by atoms with van der Waals surface area (Å²) in [5.41, 5.74) is 13.9. The molecule has 1 aromatic carbocycles. The molecule has 2 heterocycles. The first kappa shape index (κ1) is 26.3. The lowest BCUT2D eigenvalue weighted by Crippen LogP contribution is -2.43. The summed E-state index contributed by atoms with van der Waals surface area (Å²) in [4.78, 5) is 24.3. The third kappa shape index (κ3) is 4.53. The standard InChI is InChI=1S/C28H35FN4O5S/c29-20-11-17(12-21(25(20)27(31)35)32-16-5-7-18(8-6-16)38-24(34)14-30)33-22-4-1-3-19(22)26-23(33)13-28(9-2-10-28)15-39(26,36)37/h11-12,16,18,32H,1-10,13-15,30H2,(H2,31,35). The Kier molecular flexibility index (Phi) is 6.49. The molecule has 9 nitrogen and oxygen atoms in total. The van der Waals surface area contributed by atoms with E-state index in [4.69, 9.17) is 16.2 Å². The van der Waals surface area contributed by atoms with Crippen molar-refractivity contribution >= 4 is 27.4 Å². The van der Waals surface area contributed by atoms with Gasteiger partial charge in [-0.2, -0.15) is 0 Å². The van der Waals surface area contributed by atoms with Crippen molar-refractivity contribution in [2.45, 2.75) is 87.7 Å². The Morgan fingerprint density at radius 2 is 1.85 bits per heavy atom. The minimum Gasteiger partial charge on any atom is -0.461 e. The molecule has 4 aliphatic rings. The SMILES string of the molecule is NCC(=O)OC1CCC(Nc2cc(-n3c4c(c5c3CC3(CCC3)CS5(=O)=O)CCC4)cc(F)c2C(N)=O)CC1. The fourth-order valence-corrected chi connectivity index (χ4v) is 9.70. The Bertz CT molecular complexity index is 1450. The highest BCUT2D eigenvalue weighted by molar-refractivity contribution is 7.91. The van der Waals surface area contributed by atoms with E-state index < -0.39 is 27.5 Å². The number of esters is 1. The maximum Gasteiger partial charge on any atom is 0.319 e. The lowest BCUT2D eigenvalue weighted by molar-refractivity contribution is -0.148. The van der Waals surface area contributed by atoms with Gasteiger partial charge in [0.25, 0.3) is 5.91 Å². The number of rotatable bonds is 6. The van der Waals surface area contributed by atoms with Gasteiger partial charge in [-0.3, -0.25) is 9.59 Å². The lowest BCUT2D eigenvalue weighted by Gasteiger charge is -2.44. The van der Waals surface area contributed by atoms with Crippen molar-refractivity contribution in [2.75, 3.05) is 17.6 Å². The second-order valence-electron chi connectivity index (χ2n) is 11.7. The van der Waals surface area contributed by atoms with Gasteiger partial charge >= 0.3 is 5.97 Å². The van der Waals surface area contributed by atoms with Crippen molar-refractivity contribution in [3.05, 3.63) is 40.5 Å². The van der Waals surface area contributed by atoms with Gasteiger partial charge in [-0.25, -0.2) is 12.8 Å². The predicted molar refractivity (Wildman–Crippen MR) is 143 cm³/mol. The van der Waals surface area contributed by atoms with E-state index in [1.54, 1.807) is 6.07 Å². The number of halogens is 1. The number of fused-ring (bicyclic) bond motifs is 3. The maximum atomic E-state index is 15.6. The van der Waals surface area contributed by atoms with Gasteiger partial charge in [0.1, 0.15) is 11.9 Å². The van der Waals surface area contributed by atoms with E-state index in [-0.39, 0.29) is 35.4 Å². The summed E-state index contributed by atoms with van der Waals surface area (Å²) < 4.78 is 50.0. The molecule has 11 heteroatoms. The number of carbonyl (C=O) groups excluding carboxylic acids is 2. The van der Waals surface area contributed by atoms with Gasteiger partial charge in [0, 0.05) is 17.4 Å². The van der Waals surface area contributed by atoms with E-state index in [1.807, 2.05) is 4.57 Å². The molecule has 0 atom stereocenters. The van der Waals surface area contributed by atoms with Crippen LogP contribution in [-0.4, -0.2) is 49.3 Å². The van der Waals surface area contributed by atoms with E-state index in [1.165, 1.54) is 6.07 Å². The normalized spacial score (nSPS) is 24.5. The van der Waals surface area contributed by atoms with Crippen molar-refractivity contribution in [2.24, 2.45) is 16.9 Å². The van der Waals surface area contributed by atoms with Crippen LogP contribution in [0.3, 0.4) is 0 Å². The number of nitrogens with two attached hydrogens (primary N) is 2. The van der Waals surface area contributed by atoms with Gasteiger partial charge in [-0.1, -0.05) is 6.42 Å². The molecule has 2 fully saturated rings. The smallest absolute Gasteiger partial charge is 0.319 e. The Balaban J connectivity index is 1.38. The molecule has 39 heavy (non-hydrogen) atoms. The number of hydrogen-bond acceptors (Lipinski definition) is 7. The van der Waals surface area contributed by atoms with Gasteiger partial charge in [0.15, 0.2) is 9.84 Å². The molecule has 5 N–H and O–H groups in total. The largest absolute Gasteiger partial charge is 0.461 e. The second-order valence-corrected chi connectivity index (χ2v) is 13.6. The van der Waals surface area contributed by atoms with Crippen LogP contribution in [0, 0.1) is 11.2 Å². The van der Waals surface area contributed by atoms with E-state index in [2.05, 4.69) is 5.32 Å². The van der Waals surface area contributed by atoms with Crippen molar-refractivity contribution in [3.8, 4) is 5.69 Å². The molecule has 2 aromatic rings. The molecule has 1 aromatic heterocycles. The number of nitrogens with one attached hydrogen (secondary N) is 1. The van der Waals surface area contributed by atoms with Gasteiger partial charge in [0.2, 0.25) is 0 Å². The van der Waals surface area contributed by atoms with E-state index >= 15 is 4.39 Å². The van der Waals surface area contributed by atoms with Gasteiger partial charge in [-0.15, -0.1) is 0 Å². The highest BCUT2D eigenvalue weighted by Crippen LogP contribution is 2.52. The fourth-order valence-electron chi connectivity index (χ4n) is 7.24. The third-order valence-electron chi connectivity index (χ3n) is 9.11. The van der Waals surface area contributed by atoms with E-state index in [9.17, 15) is 18.0 Å². The topological polar surface area (TPSA) is 147 Å². The molecule has 0 unspecified atom stereocenters. The number of carbonyl (C=O) groups is 2. The highest BCUT2D eigenvalue weighted by Gasteiger charge is 2.49. The lowest BCUT2D eigenvalue weighted by atomic mass is 9.67. The van der Waals surface area contributed by atoms with Crippen LogP contribution in [0.4, 0.5) is 10.1 Å². The number of amides is 1. The Labute approximate surface area is 227 Å².